The van der Waals surface area contributed by atoms with Gasteiger partial charge in [0.05, 0.1) is 13.2 Å². The quantitative estimate of drug-likeness (QED) is 0.660. The van der Waals surface area contributed by atoms with Crippen LogP contribution in [-0.2, 0) is 4.79 Å². The van der Waals surface area contributed by atoms with Crippen LogP contribution >= 0.6 is 0 Å². The highest BCUT2D eigenvalue weighted by atomic mass is 16.4. The fourth-order valence-corrected chi connectivity index (χ4v) is 1.70. The molecule has 1 amide bonds. The Bertz CT molecular complexity index is 442. The van der Waals surface area contributed by atoms with Crippen LogP contribution in [0.3, 0.4) is 0 Å². The molecule has 0 aliphatic heterocycles. The number of nitrogens with zero attached hydrogens (tertiary/aromatic N) is 3. The van der Waals surface area contributed by atoms with E-state index in [0.29, 0.717) is 24.9 Å². The van der Waals surface area contributed by atoms with Gasteiger partial charge in [-0.15, -0.1) is 11.7 Å². The molecule has 0 atom stereocenters. The first-order chi connectivity index (χ1) is 9.22. The summed E-state index contributed by atoms with van der Waals surface area (Å²) in [6.45, 7) is 4.69. The SMILES string of the molecule is C=CCN(CCO)CC(=O)Nc1nnc(C2CC2)o1. The maximum Gasteiger partial charge on any atom is 0.322 e. The maximum absolute atomic E-state index is 11.8. The Morgan fingerprint density at radius 3 is 3.00 bits per heavy atom. The molecule has 0 radical (unpaired) electrons. The van der Waals surface area contributed by atoms with Gasteiger partial charge in [-0.25, -0.2) is 0 Å². The van der Waals surface area contributed by atoms with Crippen LogP contribution in [0.5, 0.6) is 0 Å². The van der Waals surface area contributed by atoms with Gasteiger partial charge in [0.15, 0.2) is 0 Å². The number of aliphatic hydroxyl groups is 1. The van der Waals surface area contributed by atoms with Crippen molar-refractivity contribution in [3.8, 4) is 0 Å². The third-order valence-corrected chi connectivity index (χ3v) is 2.78. The molecule has 0 spiro atoms. The molecule has 0 aromatic carbocycles. The minimum atomic E-state index is -0.249. The van der Waals surface area contributed by atoms with Gasteiger partial charge in [-0.3, -0.25) is 15.0 Å². The van der Waals surface area contributed by atoms with Crippen molar-refractivity contribution in [1.82, 2.24) is 15.1 Å². The van der Waals surface area contributed by atoms with Gasteiger partial charge >= 0.3 is 6.01 Å². The van der Waals surface area contributed by atoms with Crippen molar-refractivity contribution in [3.63, 3.8) is 0 Å². The molecule has 19 heavy (non-hydrogen) atoms. The molecular formula is C12H18N4O3. The highest BCUT2D eigenvalue weighted by Crippen LogP contribution is 2.39. The molecule has 7 heteroatoms. The average Bonchev–Trinajstić information content (AvgIpc) is 3.11. The number of carbonyl (C=O) groups excluding carboxylic acids is 1. The molecule has 1 aromatic heterocycles. The Hall–Kier alpha value is -1.73. The van der Waals surface area contributed by atoms with E-state index in [1.54, 1.807) is 11.0 Å². The van der Waals surface area contributed by atoms with Crippen molar-refractivity contribution in [1.29, 1.82) is 0 Å². The molecular weight excluding hydrogens is 248 g/mol. The minimum absolute atomic E-state index is 0.00644. The highest BCUT2D eigenvalue weighted by Gasteiger charge is 2.29. The molecule has 1 fully saturated rings. The summed E-state index contributed by atoms with van der Waals surface area (Å²) in [7, 11) is 0. The molecule has 1 aromatic rings. The molecule has 2 rings (SSSR count). The monoisotopic (exact) mass is 266 g/mol. The van der Waals surface area contributed by atoms with E-state index < -0.39 is 0 Å². The Kier molecular flexibility index (Phi) is 4.64. The van der Waals surface area contributed by atoms with Crippen LogP contribution in [0.15, 0.2) is 17.1 Å². The summed E-state index contributed by atoms with van der Waals surface area (Å²) in [5.41, 5.74) is 0. The summed E-state index contributed by atoms with van der Waals surface area (Å²) in [5, 5.41) is 19.1. The number of anilines is 1. The van der Waals surface area contributed by atoms with Crippen molar-refractivity contribution < 1.29 is 14.3 Å². The van der Waals surface area contributed by atoms with Gasteiger partial charge in [0.1, 0.15) is 0 Å². The van der Waals surface area contributed by atoms with Crippen LogP contribution in [0.4, 0.5) is 6.01 Å². The lowest BCUT2D eigenvalue weighted by molar-refractivity contribution is -0.117. The third kappa shape index (κ3) is 4.15. The summed E-state index contributed by atoms with van der Waals surface area (Å²) < 4.78 is 5.34. The van der Waals surface area contributed by atoms with Crippen LogP contribution in [-0.4, -0.2) is 52.4 Å². The Balaban J connectivity index is 1.82. The van der Waals surface area contributed by atoms with E-state index in [1.807, 2.05) is 0 Å². The van der Waals surface area contributed by atoms with E-state index >= 15 is 0 Å². The standard InChI is InChI=1S/C12H18N4O3/c1-2-5-16(6-7-17)8-10(18)13-12-15-14-11(19-12)9-3-4-9/h2,9,17H,1,3-8H2,(H,13,15,18). The fourth-order valence-electron chi connectivity index (χ4n) is 1.70. The lowest BCUT2D eigenvalue weighted by atomic mass is 10.4. The molecule has 0 unspecified atom stereocenters. The number of hydrogen-bond acceptors (Lipinski definition) is 6. The first-order valence-electron chi connectivity index (χ1n) is 6.30. The van der Waals surface area contributed by atoms with Crippen LogP contribution in [0, 0.1) is 0 Å². The smallest absolute Gasteiger partial charge is 0.322 e. The lowest BCUT2D eigenvalue weighted by Crippen LogP contribution is -2.35. The van der Waals surface area contributed by atoms with Gasteiger partial charge in [0.2, 0.25) is 11.8 Å². The normalized spacial score (nSPS) is 14.6. The van der Waals surface area contributed by atoms with Crippen molar-refractivity contribution in [3.05, 3.63) is 18.5 Å². The van der Waals surface area contributed by atoms with Crippen LogP contribution < -0.4 is 5.32 Å². The van der Waals surface area contributed by atoms with Crippen molar-refractivity contribution in [2.75, 3.05) is 31.6 Å². The summed E-state index contributed by atoms with van der Waals surface area (Å²) in [5.74, 6) is 0.708. The number of rotatable bonds is 8. The molecule has 104 valence electrons. The summed E-state index contributed by atoms with van der Waals surface area (Å²) in [6.07, 6.45) is 3.82. The predicted molar refractivity (Wildman–Crippen MR) is 68.6 cm³/mol. The zero-order valence-electron chi connectivity index (χ0n) is 10.7. The maximum atomic E-state index is 11.8. The molecule has 7 nitrogen and oxygen atoms in total. The molecule has 1 aliphatic rings. The van der Waals surface area contributed by atoms with Gasteiger partial charge in [0.25, 0.3) is 0 Å². The van der Waals surface area contributed by atoms with Crippen LogP contribution in [0.2, 0.25) is 0 Å². The Labute approximate surface area is 111 Å². The fraction of sp³-hybridized carbons (Fsp3) is 0.583. The molecule has 1 saturated carbocycles. The number of amides is 1. The van der Waals surface area contributed by atoms with Gasteiger partial charge in [0, 0.05) is 19.0 Å². The van der Waals surface area contributed by atoms with E-state index in [2.05, 4.69) is 22.1 Å². The van der Waals surface area contributed by atoms with Crippen molar-refractivity contribution in [2.24, 2.45) is 0 Å². The lowest BCUT2D eigenvalue weighted by Gasteiger charge is -2.17. The third-order valence-electron chi connectivity index (χ3n) is 2.78. The second kappa shape index (κ2) is 6.44. The van der Waals surface area contributed by atoms with E-state index in [-0.39, 0.29) is 25.1 Å². The first kappa shape index (κ1) is 13.7. The van der Waals surface area contributed by atoms with E-state index in [1.165, 1.54) is 0 Å². The molecule has 1 aliphatic carbocycles. The van der Waals surface area contributed by atoms with Gasteiger partial charge < -0.3 is 9.52 Å². The van der Waals surface area contributed by atoms with E-state index in [9.17, 15) is 4.79 Å². The number of aliphatic hydroxyl groups excluding tert-OH is 1. The topological polar surface area (TPSA) is 91.5 Å². The number of aromatic nitrogens is 2. The van der Waals surface area contributed by atoms with Gasteiger partial charge in [-0.05, 0) is 12.8 Å². The second-order valence-electron chi connectivity index (χ2n) is 4.52. The van der Waals surface area contributed by atoms with Crippen LogP contribution in [0.25, 0.3) is 0 Å². The number of hydrogen-bond donors (Lipinski definition) is 2. The predicted octanol–water partition coefficient (Wildman–Crippen LogP) is 0.366. The second-order valence-corrected chi connectivity index (χ2v) is 4.52. The first-order valence-corrected chi connectivity index (χ1v) is 6.30. The summed E-state index contributed by atoms with van der Waals surface area (Å²) in [6, 6.07) is 0.134. The van der Waals surface area contributed by atoms with Crippen LogP contribution in [0.1, 0.15) is 24.7 Å². The zero-order valence-corrected chi connectivity index (χ0v) is 10.7. The summed E-state index contributed by atoms with van der Waals surface area (Å²) in [4.78, 5) is 13.5. The van der Waals surface area contributed by atoms with Gasteiger partial charge in [-0.2, -0.15) is 0 Å². The average molecular weight is 266 g/mol. The highest BCUT2D eigenvalue weighted by molar-refractivity contribution is 5.90. The van der Waals surface area contributed by atoms with Crippen molar-refractivity contribution >= 4 is 11.9 Å². The molecule has 0 bridgehead atoms. The molecule has 2 N–H and O–H groups in total. The summed E-state index contributed by atoms with van der Waals surface area (Å²) >= 11 is 0. The Morgan fingerprint density at radius 2 is 2.37 bits per heavy atom. The van der Waals surface area contributed by atoms with E-state index in [0.717, 1.165) is 12.8 Å². The molecule has 0 saturated heterocycles. The molecule has 1 heterocycles. The van der Waals surface area contributed by atoms with Gasteiger partial charge in [-0.1, -0.05) is 11.2 Å². The number of carbonyl (C=O) groups is 1. The largest absolute Gasteiger partial charge is 0.408 e. The Morgan fingerprint density at radius 1 is 1.58 bits per heavy atom. The zero-order chi connectivity index (χ0) is 13.7. The minimum Gasteiger partial charge on any atom is -0.408 e. The van der Waals surface area contributed by atoms with Crippen molar-refractivity contribution in [2.45, 2.75) is 18.8 Å². The number of nitrogens with one attached hydrogen (secondary N) is 1. The van der Waals surface area contributed by atoms with E-state index in [4.69, 9.17) is 9.52 Å².